The molecule has 0 saturated carbocycles. The molecule has 1 aromatic rings. The van der Waals surface area contributed by atoms with Crippen LogP contribution < -0.4 is 5.36 Å². The lowest BCUT2D eigenvalue weighted by Crippen LogP contribution is -2.04. The number of fused-ring (bicyclic) bond motifs is 1. The molecule has 114 valence electrons. The van der Waals surface area contributed by atoms with E-state index >= 15 is 0 Å². The van der Waals surface area contributed by atoms with E-state index in [0.29, 0.717) is 5.36 Å². The Labute approximate surface area is 134 Å². The number of benzene rings is 2. The molecule has 1 aliphatic heterocycles. The number of hydrogen-bond donors (Lipinski definition) is 2. The predicted octanol–water partition coefficient (Wildman–Crippen LogP) is 2.88. The molecule has 6 nitrogen and oxygen atoms in total. The fourth-order valence-corrected chi connectivity index (χ4v) is 2.76. The van der Waals surface area contributed by atoms with Crippen molar-refractivity contribution in [2.45, 2.75) is 0 Å². The van der Waals surface area contributed by atoms with Gasteiger partial charge in [-0.2, -0.15) is 0 Å². The van der Waals surface area contributed by atoms with Crippen molar-refractivity contribution in [2.24, 2.45) is 4.99 Å². The first kappa shape index (κ1) is 14.9. The highest BCUT2D eigenvalue weighted by Gasteiger charge is 2.11. The van der Waals surface area contributed by atoms with Gasteiger partial charge in [-0.1, -0.05) is 0 Å². The lowest BCUT2D eigenvalue weighted by molar-refractivity contribution is 0.0696. The first-order valence-corrected chi connectivity index (χ1v) is 7.41. The largest absolute Gasteiger partial charge is 0.478 e. The van der Waals surface area contributed by atoms with Crippen molar-refractivity contribution in [1.82, 2.24) is 4.98 Å². The van der Waals surface area contributed by atoms with E-state index in [9.17, 15) is 9.59 Å². The van der Waals surface area contributed by atoms with Crippen LogP contribution >= 0.6 is 11.3 Å². The molecule has 3 rings (SSSR count). The Morgan fingerprint density at radius 2 is 1.70 bits per heavy atom. The van der Waals surface area contributed by atoms with E-state index in [2.05, 4.69) is 9.98 Å². The van der Waals surface area contributed by atoms with Crippen LogP contribution in [0.3, 0.4) is 0 Å². The van der Waals surface area contributed by atoms with Crippen molar-refractivity contribution in [3.8, 4) is 10.6 Å². The molecule has 2 aliphatic rings. The van der Waals surface area contributed by atoms with E-state index in [1.807, 2.05) is 17.5 Å². The van der Waals surface area contributed by atoms with E-state index in [0.717, 1.165) is 16.6 Å². The van der Waals surface area contributed by atoms with Crippen LogP contribution in [0.4, 0.5) is 5.69 Å². The summed E-state index contributed by atoms with van der Waals surface area (Å²) in [4.78, 5) is 31.7. The molecule has 1 aromatic carbocycles. The Balaban J connectivity index is 2.15. The van der Waals surface area contributed by atoms with Gasteiger partial charge < -0.3 is 10.2 Å². The SMILES string of the molecule is O=C(O)c1cc(/N=c2\ccc3nccsc-3c2)cc(C(=O)O)c1. The molecule has 0 unspecified atom stereocenters. The van der Waals surface area contributed by atoms with Crippen LogP contribution in [0.2, 0.25) is 0 Å². The summed E-state index contributed by atoms with van der Waals surface area (Å²) < 4.78 is 0. The summed E-state index contributed by atoms with van der Waals surface area (Å²) in [7, 11) is 0. The van der Waals surface area contributed by atoms with Crippen LogP contribution in [-0.2, 0) is 0 Å². The fraction of sp³-hybridized carbons (Fsp3) is 0. The molecular formula is C16H10N2O4S. The van der Waals surface area contributed by atoms with Gasteiger partial charge >= 0.3 is 11.9 Å². The van der Waals surface area contributed by atoms with Crippen molar-refractivity contribution in [3.63, 3.8) is 0 Å². The number of aromatic carboxylic acids is 2. The van der Waals surface area contributed by atoms with Gasteiger partial charge in [0.2, 0.25) is 0 Å². The lowest BCUT2D eigenvalue weighted by atomic mass is 10.1. The van der Waals surface area contributed by atoms with Gasteiger partial charge in [-0.25, -0.2) is 14.6 Å². The number of rotatable bonds is 3. The zero-order valence-electron chi connectivity index (χ0n) is 11.6. The molecule has 0 fully saturated rings. The fourth-order valence-electron chi connectivity index (χ4n) is 2.06. The maximum Gasteiger partial charge on any atom is 0.335 e. The van der Waals surface area contributed by atoms with Crippen LogP contribution in [0.1, 0.15) is 20.7 Å². The number of carbonyl (C=O) groups is 2. The van der Waals surface area contributed by atoms with E-state index < -0.39 is 11.9 Å². The molecule has 0 atom stereocenters. The minimum Gasteiger partial charge on any atom is -0.478 e. The number of aromatic nitrogens is 1. The first-order valence-electron chi connectivity index (χ1n) is 6.53. The summed E-state index contributed by atoms with van der Waals surface area (Å²) in [5, 5.41) is 20.6. The smallest absolute Gasteiger partial charge is 0.335 e. The second-order valence-electron chi connectivity index (χ2n) is 4.67. The normalized spacial score (nSPS) is 11.6. The molecule has 7 heteroatoms. The van der Waals surface area contributed by atoms with Crippen molar-refractivity contribution < 1.29 is 19.8 Å². The summed E-state index contributed by atoms with van der Waals surface area (Å²) >= 11 is 1.51. The number of hydrogen-bond acceptors (Lipinski definition) is 5. The highest BCUT2D eigenvalue weighted by atomic mass is 32.1. The second kappa shape index (κ2) is 5.98. The molecule has 1 aliphatic carbocycles. The second-order valence-corrected chi connectivity index (χ2v) is 5.62. The molecule has 23 heavy (non-hydrogen) atoms. The summed E-state index contributed by atoms with van der Waals surface area (Å²) in [6.45, 7) is 0. The van der Waals surface area contributed by atoms with E-state index in [4.69, 9.17) is 10.2 Å². The van der Waals surface area contributed by atoms with Gasteiger partial charge in [0, 0.05) is 11.6 Å². The molecule has 0 aromatic heterocycles. The molecule has 0 saturated heterocycles. The Morgan fingerprint density at radius 1 is 1.00 bits per heavy atom. The predicted molar refractivity (Wildman–Crippen MR) is 84.3 cm³/mol. The molecule has 0 radical (unpaired) electrons. The standard InChI is InChI=1S/C16H10N2O4S/c19-15(20)9-5-10(16(21)22)7-12(6-9)18-11-1-2-13-14(8-11)23-4-3-17-13/h1-8H,(H,19,20)(H,21,22)/b18-11+. The van der Waals surface area contributed by atoms with Gasteiger partial charge in [0.05, 0.1) is 32.7 Å². The van der Waals surface area contributed by atoms with Gasteiger partial charge in [0.1, 0.15) is 0 Å². The van der Waals surface area contributed by atoms with Crippen LogP contribution in [-0.4, -0.2) is 27.1 Å². The van der Waals surface area contributed by atoms with Gasteiger partial charge in [0.25, 0.3) is 0 Å². The van der Waals surface area contributed by atoms with Gasteiger partial charge in [-0.05, 0) is 36.4 Å². The van der Waals surface area contributed by atoms with Crippen LogP contribution in [0.25, 0.3) is 10.6 Å². The Kier molecular flexibility index (Phi) is 3.86. The van der Waals surface area contributed by atoms with Gasteiger partial charge in [-0.3, -0.25) is 4.98 Å². The van der Waals surface area contributed by atoms with Gasteiger partial charge in [-0.15, -0.1) is 11.3 Å². The van der Waals surface area contributed by atoms with Crippen molar-refractivity contribution >= 4 is 29.0 Å². The zero-order chi connectivity index (χ0) is 16.4. The van der Waals surface area contributed by atoms with Gasteiger partial charge in [0.15, 0.2) is 0 Å². The first-order chi connectivity index (χ1) is 11.0. The summed E-state index contributed by atoms with van der Waals surface area (Å²) in [6, 6.07) is 9.16. The molecule has 1 heterocycles. The molecule has 0 bridgehead atoms. The van der Waals surface area contributed by atoms with Crippen LogP contribution in [0.5, 0.6) is 0 Å². The minimum absolute atomic E-state index is 0.117. The number of nitrogens with zero attached hydrogens (tertiary/aromatic N) is 2. The molecule has 0 amide bonds. The molecule has 2 N–H and O–H groups in total. The zero-order valence-corrected chi connectivity index (χ0v) is 12.4. The van der Waals surface area contributed by atoms with E-state index in [-0.39, 0.29) is 16.8 Å². The van der Waals surface area contributed by atoms with E-state index in [1.165, 1.54) is 23.5 Å². The third kappa shape index (κ3) is 3.24. The monoisotopic (exact) mass is 326 g/mol. The third-order valence-corrected chi connectivity index (χ3v) is 3.92. The summed E-state index contributed by atoms with van der Waals surface area (Å²) in [5.74, 6) is -2.40. The summed E-state index contributed by atoms with van der Waals surface area (Å²) in [6.07, 6.45) is 1.71. The molecule has 0 spiro atoms. The topological polar surface area (TPSA) is 99.9 Å². The Bertz CT molecular complexity index is 916. The third-order valence-electron chi connectivity index (χ3n) is 3.08. The molecular weight excluding hydrogens is 316 g/mol. The quantitative estimate of drug-likeness (QED) is 0.771. The van der Waals surface area contributed by atoms with Crippen LogP contribution in [0, 0.1) is 0 Å². The highest BCUT2D eigenvalue weighted by Crippen LogP contribution is 2.21. The van der Waals surface area contributed by atoms with Crippen molar-refractivity contribution in [2.75, 3.05) is 0 Å². The minimum atomic E-state index is -1.20. The maximum absolute atomic E-state index is 11.1. The average molecular weight is 326 g/mol. The maximum atomic E-state index is 11.1. The summed E-state index contributed by atoms with van der Waals surface area (Å²) in [5.41, 5.74) is 0.875. The Morgan fingerprint density at radius 3 is 2.35 bits per heavy atom. The Hall–Kier alpha value is -3.06. The number of carboxylic acids is 2. The van der Waals surface area contributed by atoms with Crippen molar-refractivity contribution in [3.05, 3.63) is 64.5 Å². The average Bonchev–Trinajstić information content (AvgIpc) is 2.54. The van der Waals surface area contributed by atoms with E-state index in [1.54, 1.807) is 12.3 Å². The van der Waals surface area contributed by atoms with Crippen molar-refractivity contribution in [1.29, 1.82) is 0 Å². The highest BCUT2D eigenvalue weighted by molar-refractivity contribution is 7.13. The van der Waals surface area contributed by atoms with Crippen LogP contribution in [0.15, 0.2) is 53.0 Å². The number of carboxylic acid groups (broad SMARTS) is 2. The lowest BCUT2D eigenvalue weighted by Gasteiger charge is -2.03.